The molecule has 0 aliphatic heterocycles. The van der Waals surface area contributed by atoms with Crippen molar-refractivity contribution < 1.29 is 0 Å². The molecule has 0 saturated heterocycles. The zero-order valence-corrected chi connectivity index (χ0v) is 16.3. The smallest absolute Gasteiger partial charge is 0.0992 e. The summed E-state index contributed by atoms with van der Waals surface area (Å²) in [7, 11) is 0. The molecule has 1 aromatic carbocycles. The number of rotatable bonds is 8. The van der Waals surface area contributed by atoms with Gasteiger partial charge in [0.15, 0.2) is 0 Å². The number of nitriles is 1. The fraction of sp³-hybridized carbons (Fsp3) is 0.609. The number of nitrogens with one attached hydrogen (secondary N) is 1. The van der Waals surface area contributed by atoms with Crippen LogP contribution >= 0.6 is 0 Å². The molecule has 3 rings (SSSR count). The van der Waals surface area contributed by atoms with E-state index in [-0.39, 0.29) is 0 Å². The Labute approximate surface area is 158 Å². The Balaban J connectivity index is 1.64. The largest absolute Gasteiger partial charge is 0.361 e. The molecular formula is C23H33N3. The van der Waals surface area contributed by atoms with Gasteiger partial charge in [-0.1, -0.05) is 57.9 Å². The van der Waals surface area contributed by atoms with Gasteiger partial charge in [0.25, 0.3) is 0 Å². The predicted molar refractivity (Wildman–Crippen MR) is 109 cm³/mol. The number of hydrogen-bond acceptors (Lipinski definition) is 2. The highest BCUT2D eigenvalue weighted by Gasteiger charge is 2.15. The SMILES string of the molecule is CCCCN(CCC1CCCCCC1)Cc1c[nH]c2cc(C#N)ccc12. The van der Waals surface area contributed by atoms with Crippen molar-refractivity contribution in [1.29, 1.82) is 5.26 Å². The maximum Gasteiger partial charge on any atom is 0.0992 e. The van der Waals surface area contributed by atoms with Crippen molar-refractivity contribution in [3.63, 3.8) is 0 Å². The summed E-state index contributed by atoms with van der Waals surface area (Å²) in [4.78, 5) is 6.01. The van der Waals surface area contributed by atoms with Gasteiger partial charge < -0.3 is 4.98 Å². The van der Waals surface area contributed by atoms with E-state index in [0.29, 0.717) is 0 Å². The zero-order chi connectivity index (χ0) is 18.2. The number of aromatic nitrogens is 1. The lowest BCUT2D eigenvalue weighted by Crippen LogP contribution is -2.27. The van der Waals surface area contributed by atoms with Crippen LogP contribution in [0, 0.1) is 17.2 Å². The Hall–Kier alpha value is -1.79. The second-order valence-electron chi connectivity index (χ2n) is 7.96. The number of H-pyrrole nitrogens is 1. The second-order valence-corrected chi connectivity index (χ2v) is 7.96. The Bertz CT molecular complexity index is 717. The van der Waals surface area contributed by atoms with Crippen LogP contribution in [0.15, 0.2) is 24.4 Å². The predicted octanol–water partition coefficient (Wildman–Crippen LogP) is 6.00. The third kappa shape index (κ3) is 5.11. The number of unbranched alkanes of at least 4 members (excludes halogenated alkanes) is 1. The summed E-state index contributed by atoms with van der Waals surface area (Å²) in [5.41, 5.74) is 3.17. The topological polar surface area (TPSA) is 42.8 Å². The van der Waals surface area contributed by atoms with E-state index in [1.807, 2.05) is 12.1 Å². The first kappa shape index (κ1) is 19.0. The van der Waals surface area contributed by atoms with Gasteiger partial charge >= 0.3 is 0 Å². The van der Waals surface area contributed by atoms with Crippen molar-refractivity contribution in [1.82, 2.24) is 9.88 Å². The quantitative estimate of drug-likeness (QED) is 0.592. The molecule has 1 fully saturated rings. The van der Waals surface area contributed by atoms with Gasteiger partial charge in [-0.2, -0.15) is 5.26 Å². The molecule has 1 aromatic heterocycles. The summed E-state index contributed by atoms with van der Waals surface area (Å²) in [6.45, 7) is 5.69. The number of nitrogens with zero attached hydrogens (tertiary/aromatic N) is 2. The molecule has 1 aliphatic carbocycles. The lowest BCUT2D eigenvalue weighted by atomic mass is 9.96. The molecule has 26 heavy (non-hydrogen) atoms. The van der Waals surface area contributed by atoms with Crippen molar-refractivity contribution in [2.24, 2.45) is 5.92 Å². The lowest BCUT2D eigenvalue weighted by Gasteiger charge is -2.24. The van der Waals surface area contributed by atoms with E-state index in [4.69, 9.17) is 5.26 Å². The van der Waals surface area contributed by atoms with Crippen molar-refractivity contribution >= 4 is 10.9 Å². The maximum atomic E-state index is 9.09. The normalized spacial score (nSPS) is 16.0. The van der Waals surface area contributed by atoms with Gasteiger partial charge in [-0.25, -0.2) is 0 Å². The van der Waals surface area contributed by atoms with Gasteiger partial charge in [0.05, 0.1) is 11.6 Å². The highest BCUT2D eigenvalue weighted by molar-refractivity contribution is 5.84. The monoisotopic (exact) mass is 351 g/mol. The zero-order valence-electron chi connectivity index (χ0n) is 16.3. The Morgan fingerprint density at radius 2 is 1.96 bits per heavy atom. The summed E-state index contributed by atoms with van der Waals surface area (Å²) < 4.78 is 0. The van der Waals surface area contributed by atoms with E-state index >= 15 is 0 Å². The molecule has 0 atom stereocenters. The summed E-state index contributed by atoms with van der Waals surface area (Å²) in [6, 6.07) is 8.22. The molecule has 1 heterocycles. The van der Waals surface area contributed by atoms with Crippen LogP contribution in [-0.2, 0) is 6.54 Å². The highest BCUT2D eigenvalue weighted by Crippen LogP contribution is 2.26. The molecule has 1 saturated carbocycles. The molecule has 0 spiro atoms. The Morgan fingerprint density at radius 1 is 1.15 bits per heavy atom. The molecule has 1 N–H and O–H groups in total. The summed E-state index contributed by atoms with van der Waals surface area (Å²) in [5.74, 6) is 0.933. The summed E-state index contributed by atoms with van der Waals surface area (Å²) >= 11 is 0. The minimum absolute atomic E-state index is 0.724. The van der Waals surface area contributed by atoms with Crippen molar-refractivity contribution in [3.05, 3.63) is 35.5 Å². The van der Waals surface area contributed by atoms with E-state index in [0.717, 1.165) is 23.5 Å². The van der Waals surface area contributed by atoms with Crippen LogP contribution in [0.5, 0.6) is 0 Å². The van der Waals surface area contributed by atoms with E-state index in [2.05, 4.69) is 35.1 Å². The maximum absolute atomic E-state index is 9.09. The van der Waals surface area contributed by atoms with Gasteiger partial charge in [-0.15, -0.1) is 0 Å². The molecule has 3 heteroatoms. The standard InChI is InChI=1S/C23H33N3/c1-2-3-13-26(14-12-19-8-6-4-5-7-9-19)18-21-17-25-23-15-20(16-24)10-11-22(21)23/h10-11,15,17,19,25H,2-9,12-14,18H2,1H3. The van der Waals surface area contributed by atoms with Crippen LogP contribution in [0.1, 0.15) is 75.8 Å². The highest BCUT2D eigenvalue weighted by atomic mass is 15.1. The van der Waals surface area contributed by atoms with Crippen LogP contribution in [0.4, 0.5) is 0 Å². The average Bonchev–Trinajstić information content (AvgIpc) is 2.88. The Morgan fingerprint density at radius 3 is 2.69 bits per heavy atom. The molecule has 0 unspecified atom stereocenters. The third-order valence-electron chi connectivity index (χ3n) is 5.95. The number of aromatic amines is 1. The van der Waals surface area contributed by atoms with Crippen molar-refractivity contribution in [2.45, 2.75) is 71.3 Å². The summed E-state index contributed by atoms with van der Waals surface area (Å²) in [6.07, 6.45) is 14.6. The molecule has 0 amide bonds. The first-order valence-corrected chi connectivity index (χ1v) is 10.5. The molecule has 3 nitrogen and oxygen atoms in total. The van der Waals surface area contributed by atoms with Crippen molar-refractivity contribution in [2.75, 3.05) is 13.1 Å². The molecule has 1 aliphatic rings. The third-order valence-corrected chi connectivity index (χ3v) is 5.95. The first-order valence-electron chi connectivity index (χ1n) is 10.5. The van der Waals surface area contributed by atoms with E-state index in [9.17, 15) is 0 Å². The van der Waals surface area contributed by atoms with E-state index in [1.165, 1.54) is 81.8 Å². The van der Waals surface area contributed by atoms with Gasteiger partial charge in [0.1, 0.15) is 0 Å². The number of hydrogen-bond donors (Lipinski definition) is 1. The van der Waals surface area contributed by atoms with E-state index in [1.54, 1.807) is 0 Å². The molecule has 2 aromatic rings. The number of fused-ring (bicyclic) bond motifs is 1. The second kappa shape index (κ2) is 9.78. The lowest BCUT2D eigenvalue weighted by molar-refractivity contribution is 0.234. The van der Waals surface area contributed by atoms with Crippen LogP contribution in [0.2, 0.25) is 0 Å². The van der Waals surface area contributed by atoms with Crippen LogP contribution in [0.25, 0.3) is 10.9 Å². The first-order chi connectivity index (χ1) is 12.8. The van der Waals surface area contributed by atoms with Gasteiger partial charge in [0, 0.05) is 23.6 Å². The molecule has 140 valence electrons. The van der Waals surface area contributed by atoms with Gasteiger partial charge in [0.2, 0.25) is 0 Å². The molecule has 0 bridgehead atoms. The fourth-order valence-electron chi connectivity index (χ4n) is 4.30. The average molecular weight is 352 g/mol. The minimum Gasteiger partial charge on any atom is -0.361 e. The summed E-state index contributed by atoms with van der Waals surface area (Å²) in [5, 5.41) is 10.4. The van der Waals surface area contributed by atoms with Crippen LogP contribution < -0.4 is 0 Å². The number of benzene rings is 1. The van der Waals surface area contributed by atoms with E-state index < -0.39 is 0 Å². The molecular weight excluding hydrogens is 318 g/mol. The van der Waals surface area contributed by atoms with Crippen LogP contribution in [-0.4, -0.2) is 23.0 Å². The Kier molecular flexibility index (Phi) is 7.14. The van der Waals surface area contributed by atoms with Gasteiger partial charge in [-0.05, 0) is 49.5 Å². The van der Waals surface area contributed by atoms with Crippen LogP contribution in [0.3, 0.4) is 0 Å². The van der Waals surface area contributed by atoms with Crippen molar-refractivity contribution in [3.8, 4) is 6.07 Å². The fourth-order valence-corrected chi connectivity index (χ4v) is 4.30. The van der Waals surface area contributed by atoms with Gasteiger partial charge in [-0.3, -0.25) is 4.90 Å². The minimum atomic E-state index is 0.724. The molecule has 0 radical (unpaired) electrons.